The van der Waals surface area contributed by atoms with E-state index in [2.05, 4.69) is 25.9 Å². The third-order valence-corrected chi connectivity index (χ3v) is 6.03. The number of aromatic nitrogens is 2. The molecule has 14 heteroatoms. The molecule has 0 bridgehead atoms. The number of aliphatic carboxylic acids is 1. The number of hydrogen-bond donors (Lipinski definition) is 8. The van der Waals surface area contributed by atoms with Crippen molar-refractivity contribution in [1.29, 1.82) is 0 Å². The average Bonchev–Trinajstić information content (AvgIpc) is 3.39. The zero-order valence-corrected chi connectivity index (χ0v) is 21.0. The van der Waals surface area contributed by atoms with Crippen LogP contribution in [0.1, 0.15) is 17.7 Å². The van der Waals surface area contributed by atoms with E-state index in [0.717, 1.165) is 0 Å². The Morgan fingerprint density at radius 1 is 1.00 bits per heavy atom. The van der Waals surface area contributed by atoms with Gasteiger partial charge in [0.05, 0.1) is 19.0 Å². The number of phenols is 1. The number of benzene rings is 1. The van der Waals surface area contributed by atoms with Gasteiger partial charge in [-0.2, -0.15) is 11.8 Å². The van der Waals surface area contributed by atoms with Gasteiger partial charge < -0.3 is 42.0 Å². The van der Waals surface area contributed by atoms with E-state index in [9.17, 15) is 34.5 Å². The van der Waals surface area contributed by atoms with Crippen molar-refractivity contribution in [3.05, 3.63) is 48.0 Å². The molecule has 0 saturated heterocycles. The lowest BCUT2D eigenvalue weighted by molar-refractivity contribution is -0.142. The molecule has 3 amide bonds. The number of nitrogens with zero attached hydrogens (tertiary/aromatic N) is 1. The van der Waals surface area contributed by atoms with Gasteiger partial charge >= 0.3 is 5.97 Å². The number of aromatic hydroxyl groups is 1. The highest BCUT2D eigenvalue weighted by Crippen LogP contribution is 2.12. The van der Waals surface area contributed by atoms with Crippen LogP contribution in [0, 0.1) is 0 Å². The Balaban J connectivity index is 2.17. The number of aliphatic hydroxyl groups is 1. The van der Waals surface area contributed by atoms with Crippen LogP contribution >= 0.6 is 11.8 Å². The van der Waals surface area contributed by atoms with Crippen molar-refractivity contribution < 1.29 is 34.5 Å². The number of carboxylic acid groups (broad SMARTS) is 1. The summed E-state index contributed by atoms with van der Waals surface area (Å²) in [5.41, 5.74) is 6.86. The SMILES string of the molecule is CSCCC(N)C(=O)NC(CO)C(=O)NC(Cc1ccc(O)cc1)C(=O)NC(Cc1cnc[nH]1)C(=O)O. The maximum absolute atomic E-state index is 13.1. The lowest BCUT2D eigenvalue weighted by Crippen LogP contribution is -2.58. The number of thioether (sulfide) groups is 1. The summed E-state index contributed by atoms with van der Waals surface area (Å²) in [6.45, 7) is -0.752. The number of nitrogens with one attached hydrogen (secondary N) is 4. The molecule has 0 aliphatic heterocycles. The van der Waals surface area contributed by atoms with Crippen LogP contribution in [-0.4, -0.2) is 91.8 Å². The molecule has 0 aliphatic carbocycles. The predicted molar refractivity (Wildman–Crippen MR) is 136 cm³/mol. The number of nitrogens with two attached hydrogens (primary N) is 1. The Morgan fingerprint density at radius 3 is 2.19 bits per heavy atom. The van der Waals surface area contributed by atoms with Crippen LogP contribution < -0.4 is 21.7 Å². The summed E-state index contributed by atoms with van der Waals surface area (Å²) in [5.74, 6) is -2.95. The lowest BCUT2D eigenvalue weighted by Gasteiger charge is -2.24. The van der Waals surface area contributed by atoms with E-state index in [1.807, 2.05) is 6.26 Å². The standard InChI is InChI=1S/C23H32N6O7S/c1-37-7-6-16(24)20(32)29-19(11-30)22(34)27-17(8-13-2-4-15(31)5-3-13)21(33)28-18(23(35)36)9-14-10-25-12-26-14/h2-5,10,12,16-19,30-31H,6-9,11,24H2,1H3,(H,25,26)(H,27,34)(H,28,33)(H,29,32)(H,35,36). The van der Waals surface area contributed by atoms with Crippen LogP contribution in [0.2, 0.25) is 0 Å². The van der Waals surface area contributed by atoms with Gasteiger partial charge in [0.2, 0.25) is 17.7 Å². The minimum atomic E-state index is -1.39. The maximum atomic E-state index is 13.1. The van der Waals surface area contributed by atoms with Gasteiger partial charge in [-0.3, -0.25) is 14.4 Å². The number of rotatable bonds is 15. The topological polar surface area (TPSA) is 220 Å². The molecule has 0 saturated carbocycles. The van der Waals surface area contributed by atoms with Crippen molar-refractivity contribution in [2.45, 2.75) is 43.4 Å². The predicted octanol–water partition coefficient (Wildman–Crippen LogP) is -1.49. The van der Waals surface area contributed by atoms with Crippen LogP contribution in [-0.2, 0) is 32.0 Å². The number of carboxylic acids is 1. The van der Waals surface area contributed by atoms with Crippen molar-refractivity contribution in [2.75, 3.05) is 18.6 Å². The summed E-state index contributed by atoms with van der Waals surface area (Å²) in [6, 6.07) is 1.02. The molecule has 1 aromatic heterocycles. The van der Waals surface area contributed by atoms with Crippen molar-refractivity contribution >= 4 is 35.5 Å². The number of imidazole rings is 1. The Kier molecular flexibility index (Phi) is 11.9. The monoisotopic (exact) mass is 536 g/mol. The van der Waals surface area contributed by atoms with Crippen molar-refractivity contribution in [2.24, 2.45) is 5.73 Å². The number of carbonyl (C=O) groups excluding carboxylic acids is 3. The van der Waals surface area contributed by atoms with Gasteiger partial charge in [-0.15, -0.1) is 0 Å². The molecule has 2 aromatic rings. The van der Waals surface area contributed by atoms with E-state index in [-0.39, 0.29) is 18.6 Å². The first-order chi connectivity index (χ1) is 17.6. The first-order valence-corrected chi connectivity index (χ1v) is 12.8. The van der Waals surface area contributed by atoms with Gasteiger partial charge in [0, 0.05) is 24.7 Å². The number of hydrogen-bond acceptors (Lipinski definition) is 9. The molecule has 37 heavy (non-hydrogen) atoms. The summed E-state index contributed by atoms with van der Waals surface area (Å²) in [5, 5.41) is 36.1. The molecule has 1 heterocycles. The van der Waals surface area contributed by atoms with E-state index >= 15 is 0 Å². The molecule has 0 fully saturated rings. The fourth-order valence-electron chi connectivity index (χ4n) is 3.29. The van der Waals surface area contributed by atoms with Gasteiger partial charge in [0.15, 0.2) is 0 Å². The van der Waals surface area contributed by atoms with E-state index in [4.69, 9.17) is 5.73 Å². The Morgan fingerprint density at radius 2 is 1.62 bits per heavy atom. The normalized spacial score (nSPS) is 14.1. The summed E-state index contributed by atoms with van der Waals surface area (Å²) in [6.07, 6.45) is 4.89. The molecule has 9 N–H and O–H groups in total. The largest absolute Gasteiger partial charge is 0.508 e. The van der Waals surface area contributed by atoms with Gasteiger partial charge in [0.25, 0.3) is 0 Å². The smallest absolute Gasteiger partial charge is 0.326 e. The van der Waals surface area contributed by atoms with E-state index in [1.54, 1.807) is 0 Å². The Bertz CT molecular complexity index is 1030. The number of aromatic amines is 1. The molecule has 202 valence electrons. The zero-order valence-electron chi connectivity index (χ0n) is 20.2. The summed E-state index contributed by atoms with van der Waals surface area (Å²) < 4.78 is 0. The third-order valence-electron chi connectivity index (χ3n) is 5.39. The molecule has 13 nitrogen and oxygen atoms in total. The molecule has 4 atom stereocenters. The second-order valence-corrected chi connectivity index (χ2v) is 9.23. The van der Waals surface area contributed by atoms with Crippen LogP contribution in [0.15, 0.2) is 36.8 Å². The van der Waals surface area contributed by atoms with Crippen LogP contribution in [0.25, 0.3) is 0 Å². The van der Waals surface area contributed by atoms with Gasteiger partial charge in [-0.05, 0) is 36.1 Å². The fourth-order valence-corrected chi connectivity index (χ4v) is 3.78. The molecule has 4 unspecified atom stereocenters. The lowest BCUT2D eigenvalue weighted by atomic mass is 10.0. The van der Waals surface area contributed by atoms with Crippen molar-refractivity contribution in [3.63, 3.8) is 0 Å². The minimum Gasteiger partial charge on any atom is -0.508 e. The minimum absolute atomic E-state index is 0.000143. The number of carbonyl (C=O) groups is 4. The van der Waals surface area contributed by atoms with E-state index < -0.39 is 54.5 Å². The molecule has 1 aromatic carbocycles. The zero-order chi connectivity index (χ0) is 27.4. The first-order valence-electron chi connectivity index (χ1n) is 11.4. The molecule has 0 aliphatic rings. The third kappa shape index (κ3) is 9.74. The maximum Gasteiger partial charge on any atom is 0.326 e. The van der Waals surface area contributed by atoms with Crippen LogP contribution in [0.3, 0.4) is 0 Å². The second-order valence-electron chi connectivity index (χ2n) is 8.24. The summed E-state index contributed by atoms with van der Waals surface area (Å²) >= 11 is 1.50. The van der Waals surface area contributed by atoms with Gasteiger partial charge in [-0.1, -0.05) is 12.1 Å². The van der Waals surface area contributed by atoms with Gasteiger partial charge in [0.1, 0.15) is 23.9 Å². The second kappa shape index (κ2) is 14.8. The number of H-pyrrole nitrogens is 1. The number of phenolic OH excluding ortho intramolecular Hbond substituents is 1. The highest BCUT2D eigenvalue weighted by atomic mass is 32.2. The molecule has 2 rings (SSSR count). The number of amides is 3. The number of aliphatic hydroxyl groups excluding tert-OH is 1. The van der Waals surface area contributed by atoms with Gasteiger partial charge in [-0.25, -0.2) is 9.78 Å². The van der Waals surface area contributed by atoms with Crippen molar-refractivity contribution in [3.8, 4) is 5.75 Å². The Labute approximate surface area is 217 Å². The molecule has 0 spiro atoms. The van der Waals surface area contributed by atoms with E-state index in [1.165, 1.54) is 48.6 Å². The van der Waals surface area contributed by atoms with E-state index in [0.29, 0.717) is 23.4 Å². The average molecular weight is 537 g/mol. The Hall–Kier alpha value is -3.62. The molecular formula is C23H32N6O7S. The fraction of sp³-hybridized carbons (Fsp3) is 0.435. The summed E-state index contributed by atoms with van der Waals surface area (Å²) in [7, 11) is 0. The summed E-state index contributed by atoms with van der Waals surface area (Å²) in [4.78, 5) is 56.7. The quantitative estimate of drug-likeness (QED) is 0.132. The van der Waals surface area contributed by atoms with Crippen LogP contribution in [0.4, 0.5) is 0 Å². The first kappa shape index (κ1) is 29.6. The van der Waals surface area contributed by atoms with Crippen molar-refractivity contribution in [1.82, 2.24) is 25.9 Å². The molecular weight excluding hydrogens is 504 g/mol. The molecule has 0 radical (unpaired) electrons. The van der Waals surface area contributed by atoms with Crippen LogP contribution in [0.5, 0.6) is 5.75 Å². The highest BCUT2D eigenvalue weighted by Gasteiger charge is 2.30. The highest BCUT2D eigenvalue weighted by molar-refractivity contribution is 7.98.